The normalized spacial score (nSPS) is 35.5. The van der Waals surface area contributed by atoms with Crippen LogP contribution >= 0.6 is 0 Å². The second kappa shape index (κ2) is 2.40. The summed E-state index contributed by atoms with van der Waals surface area (Å²) in [7, 11) is 0. The van der Waals surface area contributed by atoms with Gasteiger partial charge in [-0.3, -0.25) is 0 Å². The Morgan fingerprint density at radius 2 is 2.18 bits per heavy atom. The van der Waals surface area contributed by atoms with E-state index in [4.69, 9.17) is 4.74 Å². The van der Waals surface area contributed by atoms with E-state index in [0.29, 0.717) is 6.10 Å². The van der Waals surface area contributed by atoms with Gasteiger partial charge in [-0.15, -0.1) is 0 Å². The fourth-order valence-corrected chi connectivity index (χ4v) is 1.82. The van der Waals surface area contributed by atoms with E-state index in [0.717, 1.165) is 5.92 Å². The van der Waals surface area contributed by atoms with Crippen LogP contribution in [0.25, 0.3) is 0 Å². The molecule has 1 aliphatic heterocycles. The summed E-state index contributed by atoms with van der Waals surface area (Å²) < 4.78 is 5.54. The highest BCUT2D eigenvalue weighted by molar-refractivity contribution is 5.19. The van der Waals surface area contributed by atoms with Crippen LogP contribution in [0.2, 0.25) is 0 Å². The first-order chi connectivity index (χ1) is 5.27. The van der Waals surface area contributed by atoms with Gasteiger partial charge in [0.15, 0.2) is 0 Å². The van der Waals surface area contributed by atoms with Crippen LogP contribution < -0.4 is 0 Å². The van der Waals surface area contributed by atoms with Crippen molar-refractivity contribution in [1.29, 1.82) is 0 Å². The largest absolute Gasteiger partial charge is 0.494 e. The molecule has 1 heteroatoms. The lowest BCUT2D eigenvalue weighted by atomic mass is 9.82. The van der Waals surface area contributed by atoms with Crippen molar-refractivity contribution < 1.29 is 4.74 Å². The highest BCUT2D eigenvalue weighted by Crippen LogP contribution is 2.34. The highest BCUT2D eigenvalue weighted by Gasteiger charge is 2.27. The molecule has 60 valence electrons. The van der Waals surface area contributed by atoms with Crippen LogP contribution in [0, 0.1) is 5.92 Å². The number of fused-ring (bicyclic) bond motifs is 2. The Morgan fingerprint density at radius 1 is 1.36 bits per heavy atom. The van der Waals surface area contributed by atoms with Gasteiger partial charge in [0.2, 0.25) is 0 Å². The van der Waals surface area contributed by atoms with Crippen LogP contribution in [0.15, 0.2) is 23.5 Å². The van der Waals surface area contributed by atoms with Gasteiger partial charge in [0.25, 0.3) is 0 Å². The van der Waals surface area contributed by atoms with Gasteiger partial charge in [-0.05, 0) is 43.8 Å². The molecular formula is C10H14O. The van der Waals surface area contributed by atoms with Crippen LogP contribution in [-0.2, 0) is 4.74 Å². The van der Waals surface area contributed by atoms with Gasteiger partial charge in [0, 0.05) is 0 Å². The fourth-order valence-electron chi connectivity index (χ4n) is 1.82. The van der Waals surface area contributed by atoms with Gasteiger partial charge < -0.3 is 4.74 Å². The lowest BCUT2D eigenvalue weighted by molar-refractivity contribution is 0.121. The quantitative estimate of drug-likeness (QED) is 0.482. The zero-order chi connectivity index (χ0) is 7.84. The summed E-state index contributed by atoms with van der Waals surface area (Å²) in [6.45, 7) is 4.32. The van der Waals surface area contributed by atoms with E-state index in [-0.39, 0.29) is 0 Å². The first-order valence-electron chi connectivity index (χ1n) is 4.26. The zero-order valence-corrected chi connectivity index (χ0v) is 7.13. The molecule has 0 unspecified atom stereocenters. The van der Waals surface area contributed by atoms with Gasteiger partial charge in [0.05, 0.1) is 6.26 Å². The van der Waals surface area contributed by atoms with E-state index in [1.165, 1.54) is 24.0 Å². The minimum Gasteiger partial charge on any atom is -0.494 e. The Balaban J connectivity index is 2.24. The molecule has 0 spiro atoms. The summed E-state index contributed by atoms with van der Waals surface area (Å²) in [6.07, 6.45) is 7.06. The Labute approximate surface area is 67.7 Å². The van der Waals surface area contributed by atoms with Crippen LogP contribution in [0.3, 0.4) is 0 Å². The number of rotatable bonds is 0. The van der Waals surface area contributed by atoms with Gasteiger partial charge in [-0.25, -0.2) is 0 Å². The Hall–Kier alpha value is -0.720. The summed E-state index contributed by atoms with van der Waals surface area (Å²) in [5.41, 5.74) is 2.81. The van der Waals surface area contributed by atoms with Crippen molar-refractivity contribution in [1.82, 2.24) is 0 Å². The van der Waals surface area contributed by atoms with Gasteiger partial charge in [-0.1, -0.05) is 6.08 Å². The number of ether oxygens (including phenoxy) is 1. The van der Waals surface area contributed by atoms with Gasteiger partial charge >= 0.3 is 0 Å². The smallest absolute Gasteiger partial charge is 0.119 e. The topological polar surface area (TPSA) is 9.23 Å². The third-order valence-corrected chi connectivity index (χ3v) is 2.79. The molecule has 0 amide bonds. The predicted molar refractivity (Wildman–Crippen MR) is 45.1 cm³/mol. The molecule has 1 aliphatic carbocycles. The molecule has 0 saturated carbocycles. The molecule has 0 aromatic heterocycles. The number of hydrogen-bond acceptors (Lipinski definition) is 1. The van der Waals surface area contributed by atoms with Crippen molar-refractivity contribution in [3.05, 3.63) is 23.5 Å². The van der Waals surface area contributed by atoms with Crippen molar-refractivity contribution >= 4 is 0 Å². The molecule has 2 bridgehead atoms. The number of hydrogen-bond donors (Lipinski definition) is 0. The average Bonchev–Trinajstić information content (AvgIpc) is 2.02. The SMILES string of the molecule is CC1=CO[C@@H]2C[C@H]1CC=C2C. The molecule has 11 heavy (non-hydrogen) atoms. The van der Waals surface area contributed by atoms with Crippen LogP contribution in [0.1, 0.15) is 26.7 Å². The van der Waals surface area contributed by atoms with Crippen molar-refractivity contribution in [3.8, 4) is 0 Å². The van der Waals surface area contributed by atoms with Crippen LogP contribution in [-0.4, -0.2) is 6.10 Å². The van der Waals surface area contributed by atoms with Gasteiger partial charge in [0.1, 0.15) is 6.10 Å². The third kappa shape index (κ3) is 1.09. The van der Waals surface area contributed by atoms with Crippen molar-refractivity contribution in [2.75, 3.05) is 0 Å². The van der Waals surface area contributed by atoms with E-state index < -0.39 is 0 Å². The molecule has 2 aliphatic rings. The minimum absolute atomic E-state index is 0.387. The second-order valence-corrected chi connectivity index (χ2v) is 3.60. The van der Waals surface area contributed by atoms with E-state index in [1.54, 1.807) is 0 Å². The summed E-state index contributed by atoms with van der Waals surface area (Å²) in [5, 5.41) is 0. The van der Waals surface area contributed by atoms with E-state index in [1.807, 2.05) is 6.26 Å². The van der Waals surface area contributed by atoms with Crippen molar-refractivity contribution in [3.63, 3.8) is 0 Å². The van der Waals surface area contributed by atoms with Gasteiger partial charge in [-0.2, -0.15) is 0 Å². The monoisotopic (exact) mass is 150 g/mol. The van der Waals surface area contributed by atoms with Crippen LogP contribution in [0.5, 0.6) is 0 Å². The zero-order valence-electron chi connectivity index (χ0n) is 7.13. The standard InChI is InChI=1S/C10H14O/c1-7-3-4-9-5-10(7)11-6-8(9)2/h3,6,9-10H,4-5H2,1-2H3/t9-,10-/m1/s1. The predicted octanol–water partition coefficient (Wildman–Crippen LogP) is 2.65. The molecule has 0 N–H and O–H groups in total. The van der Waals surface area contributed by atoms with E-state index in [2.05, 4.69) is 19.9 Å². The first kappa shape index (κ1) is 6.96. The molecule has 0 aromatic rings. The maximum atomic E-state index is 5.54. The van der Waals surface area contributed by atoms with E-state index >= 15 is 0 Å². The van der Waals surface area contributed by atoms with Crippen molar-refractivity contribution in [2.45, 2.75) is 32.8 Å². The first-order valence-corrected chi connectivity index (χ1v) is 4.26. The van der Waals surface area contributed by atoms with E-state index in [9.17, 15) is 0 Å². The summed E-state index contributed by atoms with van der Waals surface area (Å²) in [5.74, 6) is 0.762. The maximum absolute atomic E-state index is 5.54. The number of allylic oxidation sites excluding steroid dienone is 2. The fraction of sp³-hybridized carbons (Fsp3) is 0.600. The van der Waals surface area contributed by atoms with Crippen molar-refractivity contribution in [2.24, 2.45) is 5.92 Å². The maximum Gasteiger partial charge on any atom is 0.119 e. The Morgan fingerprint density at radius 3 is 3.00 bits per heavy atom. The Kier molecular flexibility index (Phi) is 1.52. The minimum atomic E-state index is 0.387. The summed E-state index contributed by atoms with van der Waals surface area (Å²) in [4.78, 5) is 0. The molecule has 0 radical (unpaired) electrons. The second-order valence-electron chi connectivity index (χ2n) is 3.60. The molecule has 2 rings (SSSR count). The summed E-state index contributed by atoms with van der Waals surface area (Å²) in [6, 6.07) is 0. The molecule has 0 fully saturated rings. The summed E-state index contributed by atoms with van der Waals surface area (Å²) >= 11 is 0. The third-order valence-electron chi connectivity index (χ3n) is 2.79. The lowest BCUT2D eigenvalue weighted by Crippen LogP contribution is -2.25. The van der Waals surface area contributed by atoms with Crippen LogP contribution in [0.4, 0.5) is 0 Å². The average molecular weight is 150 g/mol. The molecule has 2 atom stereocenters. The molecule has 1 nitrogen and oxygen atoms in total. The Bertz CT molecular complexity index is 201. The molecule has 1 heterocycles. The highest BCUT2D eigenvalue weighted by atomic mass is 16.5. The molecule has 0 saturated heterocycles. The lowest BCUT2D eigenvalue weighted by Gasteiger charge is -2.32. The molecule has 0 aromatic carbocycles. The molecular weight excluding hydrogens is 136 g/mol.